The van der Waals surface area contributed by atoms with Gasteiger partial charge in [-0.25, -0.2) is 0 Å². The van der Waals surface area contributed by atoms with Gasteiger partial charge in [-0.1, -0.05) is 27.2 Å². The molecule has 0 aromatic carbocycles. The molecule has 14 heavy (non-hydrogen) atoms. The number of nitriles is 1. The molecule has 0 aliphatic heterocycles. The summed E-state index contributed by atoms with van der Waals surface area (Å²) < 4.78 is 5.38. The fourth-order valence-corrected chi connectivity index (χ4v) is 0.965. The Morgan fingerprint density at radius 1 is 1.50 bits per heavy atom. The lowest BCUT2D eigenvalue weighted by Crippen LogP contribution is -2.29. The van der Waals surface area contributed by atoms with Crippen LogP contribution in [0.2, 0.25) is 0 Å². The van der Waals surface area contributed by atoms with Crippen molar-refractivity contribution in [1.29, 1.82) is 5.26 Å². The minimum Gasteiger partial charge on any atom is -0.380 e. The highest BCUT2D eigenvalue weighted by Crippen LogP contribution is 2.18. The molecule has 0 heterocycles. The van der Waals surface area contributed by atoms with E-state index in [2.05, 4.69) is 6.92 Å². The van der Waals surface area contributed by atoms with E-state index in [9.17, 15) is 4.79 Å². The van der Waals surface area contributed by atoms with E-state index >= 15 is 0 Å². The highest BCUT2D eigenvalue weighted by molar-refractivity contribution is 5.85. The molecule has 0 radical (unpaired) electrons. The van der Waals surface area contributed by atoms with Gasteiger partial charge in [0.25, 0.3) is 0 Å². The van der Waals surface area contributed by atoms with Crippen LogP contribution >= 0.6 is 0 Å². The van der Waals surface area contributed by atoms with Gasteiger partial charge >= 0.3 is 0 Å². The Morgan fingerprint density at radius 3 is 2.64 bits per heavy atom. The van der Waals surface area contributed by atoms with Gasteiger partial charge < -0.3 is 4.74 Å². The third-order valence-corrected chi connectivity index (χ3v) is 2.10. The molecular weight excluding hydrogens is 178 g/mol. The predicted molar refractivity (Wildman–Crippen MR) is 54.7 cm³/mol. The zero-order chi connectivity index (χ0) is 11.0. The molecule has 0 amide bonds. The lowest BCUT2D eigenvalue weighted by Gasteiger charge is -2.21. The molecule has 0 aromatic heterocycles. The number of ether oxygens (including phenoxy) is 1. The SMILES string of the molecule is CCCCOCC(C)(C)C(=O)CC#N. The number of Topliss-reactive ketones (excluding diaryl/α,β-unsaturated/α-hetero) is 1. The minimum absolute atomic E-state index is 0.0237. The number of rotatable bonds is 7. The number of nitrogens with zero attached hydrogens (tertiary/aromatic N) is 1. The lowest BCUT2D eigenvalue weighted by atomic mass is 9.88. The highest BCUT2D eigenvalue weighted by Gasteiger charge is 2.26. The van der Waals surface area contributed by atoms with E-state index in [0.29, 0.717) is 13.2 Å². The van der Waals surface area contributed by atoms with Crippen molar-refractivity contribution in [3.63, 3.8) is 0 Å². The molecule has 0 fully saturated rings. The van der Waals surface area contributed by atoms with Gasteiger partial charge in [-0.15, -0.1) is 0 Å². The molecule has 0 atom stereocenters. The molecule has 0 N–H and O–H groups in total. The molecule has 3 nitrogen and oxygen atoms in total. The molecule has 0 bridgehead atoms. The summed E-state index contributed by atoms with van der Waals surface area (Å²) in [6.07, 6.45) is 2.08. The van der Waals surface area contributed by atoms with E-state index in [1.54, 1.807) is 0 Å². The van der Waals surface area contributed by atoms with Crippen molar-refractivity contribution in [3.8, 4) is 6.07 Å². The third-order valence-electron chi connectivity index (χ3n) is 2.10. The first-order valence-electron chi connectivity index (χ1n) is 5.02. The number of ketones is 1. The Balaban J connectivity index is 3.83. The molecule has 0 unspecified atom stereocenters. The highest BCUT2D eigenvalue weighted by atomic mass is 16.5. The van der Waals surface area contributed by atoms with Crippen LogP contribution in [0.15, 0.2) is 0 Å². The Bertz CT molecular complexity index is 216. The maximum Gasteiger partial charge on any atom is 0.154 e. The quantitative estimate of drug-likeness (QED) is 0.588. The topological polar surface area (TPSA) is 50.1 Å². The summed E-state index contributed by atoms with van der Waals surface area (Å²) in [6, 6.07) is 1.87. The van der Waals surface area contributed by atoms with Crippen LogP contribution in [0.1, 0.15) is 40.0 Å². The minimum atomic E-state index is -0.524. The number of carbonyl (C=O) groups is 1. The summed E-state index contributed by atoms with van der Waals surface area (Å²) in [6.45, 7) is 6.83. The van der Waals surface area contributed by atoms with Gasteiger partial charge in [0.1, 0.15) is 0 Å². The summed E-state index contributed by atoms with van der Waals surface area (Å²) in [7, 11) is 0. The van der Waals surface area contributed by atoms with Crippen molar-refractivity contribution in [1.82, 2.24) is 0 Å². The summed E-state index contributed by atoms with van der Waals surface area (Å²) in [5, 5.41) is 8.40. The second kappa shape index (κ2) is 6.56. The first-order chi connectivity index (χ1) is 6.54. The van der Waals surface area contributed by atoms with Crippen molar-refractivity contribution in [2.75, 3.05) is 13.2 Å². The molecule has 3 heteroatoms. The van der Waals surface area contributed by atoms with Crippen LogP contribution in [0.25, 0.3) is 0 Å². The second-order valence-corrected chi connectivity index (χ2v) is 4.05. The lowest BCUT2D eigenvalue weighted by molar-refractivity contribution is -0.129. The van der Waals surface area contributed by atoms with E-state index in [1.165, 1.54) is 0 Å². The fourth-order valence-electron chi connectivity index (χ4n) is 0.965. The monoisotopic (exact) mass is 197 g/mol. The van der Waals surface area contributed by atoms with E-state index in [0.717, 1.165) is 12.8 Å². The maximum atomic E-state index is 11.4. The molecular formula is C11H19NO2. The Morgan fingerprint density at radius 2 is 2.14 bits per heavy atom. The van der Waals surface area contributed by atoms with Crippen LogP contribution in [0.3, 0.4) is 0 Å². The molecule has 0 saturated heterocycles. The second-order valence-electron chi connectivity index (χ2n) is 4.05. The van der Waals surface area contributed by atoms with Gasteiger partial charge in [0, 0.05) is 12.0 Å². The van der Waals surface area contributed by atoms with Gasteiger partial charge in [-0.05, 0) is 6.42 Å². The summed E-state index contributed by atoms with van der Waals surface area (Å²) >= 11 is 0. The van der Waals surface area contributed by atoms with Crippen LogP contribution in [-0.4, -0.2) is 19.0 Å². The average Bonchev–Trinajstić information content (AvgIpc) is 2.13. The van der Waals surface area contributed by atoms with Crippen LogP contribution in [0.4, 0.5) is 0 Å². The van der Waals surface area contributed by atoms with Crippen molar-refractivity contribution in [3.05, 3.63) is 0 Å². The van der Waals surface area contributed by atoms with Crippen LogP contribution < -0.4 is 0 Å². The normalized spacial score (nSPS) is 11.0. The first-order valence-corrected chi connectivity index (χ1v) is 5.02. The Kier molecular flexibility index (Phi) is 6.14. The smallest absolute Gasteiger partial charge is 0.154 e. The van der Waals surface area contributed by atoms with E-state index in [-0.39, 0.29) is 12.2 Å². The number of carbonyl (C=O) groups excluding carboxylic acids is 1. The Labute approximate surface area is 86.1 Å². The van der Waals surface area contributed by atoms with Crippen molar-refractivity contribution >= 4 is 5.78 Å². The molecule has 0 saturated carbocycles. The standard InChI is InChI=1S/C11H19NO2/c1-4-5-8-14-9-11(2,3)10(13)6-7-12/h4-6,8-9H2,1-3H3. The number of hydrogen-bond acceptors (Lipinski definition) is 3. The fraction of sp³-hybridized carbons (Fsp3) is 0.818. The van der Waals surface area contributed by atoms with Crippen LogP contribution in [0.5, 0.6) is 0 Å². The van der Waals surface area contributed by atoms with Crippen LogP contribution in [-0.2, 0) is 9.53 Å². The molecule has 0 rings (SSSR count). The van der Waals surface area contributed by atoms with Crippen molar-refractivity contribution in [2.45, 2.75) is 40.0 Å². The largest absolute Gasteiger partial charge is 0.380 e. The van der Waals surface area contributed by atoms with Crippen molar-refractivity contribution < 1.29 is 9.53 Å². The van der Waals surface area contributed by atoms with Gasteiger partial charge in [-0.2, -0.15) is 5.26 Å². The maximum absolute atomic E-state index is 11.4. The zero-order valence-electron chi connectivity index (χ0n) is 9.30. The zero-order valence-corrected chi connectivity index (χ0v) is 9.30. The Hall–Kier alpha value is -0.880. The molecule has 80 valence electrons. The van der Waals surface area contributed by atoms with Gasteiger partial charge in [0.05, 0.1) is 19.1 Å². The number of unbranched alkanes of at least 4 members (excludes halogenated alkanes) is 1. The van der Waals surface area contributed by atoms with Gasteiger partial charge in [0.2, 0.25) is 0 Å². The van der Waals surface area contributed by atoms with E-state index < -0.39 is 5.41 Å². The first kappa shape index (κ1) is 13.1. The summed E-state index contributed by atoms with van der Waals surface area (Å²) in [5.74, 6) is -0.0449. The van der Waals surface area contributed by atoms with Crippen molar-refractivity contribution in [2.24, 2.45) is 5.41 Å². The summed E-state index contributed by atoms with van der Waals surface area (Å²) in [5.41, 5.74) is -0.524. The van der Waals surface area contributed by atoms with Gasteiger partial charge in [-0.3, -0.25) is 4.79 Å². The third kappa shape index (κ3) is 4.98. The molecule has 0 spiro atoms. The molecule has 0 aliphatic rings. The van der Waals surface area contributed by atoms with E-state index in [1.807, 2.05) is 19.9 Å². The molecule has 0 aromatic rings. The summed E-state index contributed by atoms with van der Waals surface area (Å²) in [4.78, 5) is 11.4. The van der Waals surface area contributed by atoms with Crippen LogP contribution in [0, 0.1) is 16.7 Å². The van der Waals surface area contributed by atoms with Gasteiger partial charge in [0.15, 0.2) is 5.78 Å². The molecule has 0 aliphatic carbocycles. The van der Waals surface area contributed by atoms with E-state index in [4.69, 9.17) is 10.00 Å². The predicted octanol–water partition coefficient (Wildman–Crippen LogP) is 2.31. The number of hydrogen-bond donors (Lipinski definition) is 0. The average molecular weight is 197 g/mol.